The van der Waals surface area contributed by atoms with Gasteiger partial charge in [0.05, 0.1) is 5.69 Å². The lowest BCUT2D eigenvalue weighted by Crippen LogP contribution is -2.43. The number of pyridine rings is 1. The van der Waals surface area contributed by atoms with Crippen molar-refractivity contribution in [3.05, 3.63) is 42.0 Å². The average molecular weight is 500 g/mol. The number of aryl methyl sites for hydroxylation is 1. The number of nitrogens with zero attached hydrogens (tertiary/aromatic N) is 6. The van der Waals surface area contributed by atoms with Gasteiger partial charge in [0.2, 0.25) is 0 Å². The number of halogens is 6. The Morgan fingerprint density at radius 2 is 1.80 bits per heavy atom. The molecule has 3 aromatic rings. The Labute approximate surface area is 196 Å². The lowest BCUT2D eigenvalue weighted by Gasteiger charge is -2.38. The van der Waals surface area contributed by atoms with Gasteiger partial charge in [-0.1, -0.05) is 0 Å². The van der Waals surface area contributed by atoms with E-state index in [2.05, 4.69) is 20.1 Å². The number of fused-ring (bicyclic) bond motifs is 3. The molecule has 2 bridgehead atoms. The highest BCUT2D eigenvalue weighted by Crippen LogP contribution is 2.44. The fourth-order valence-corrected chi connectivity index (χ4v) is 5.09. The van der Waals surface area contributed by atoms with Gasteiger partial charge in [-0.3, -0.25) is 0 Å². The summed E-state index contributed by atoms with van der Waals surface area (Å²) < 4.78 is 84.7. The molecule has 5 rings (SSSR count). The largest absolute Gasteiger partial charge is 0.483 e. The van der Waals surface area contributed by atoms with Gasteiger partial charge in [-0.05, 0) is 49.7 Å². The van der Waals surface area contributed by atoms with Crippen molar-refractivity contribution < 1.29 is 31.1 Å². The monoisotopic (exact) mass is 500 g/mol. The first kappa shape index (κ1) is 23.6. The minimum absolute atomic E-state index is 0.0730. The van der Waals surface area contributed by atoms with Crippen molar-refractivity contribution >= 4 is 11.5 Å². The molecule has 4 heterocycles. The molecule has 0 spiro atoms. The van der Waals surface area contributed by atoms with E-state index in [1.54, 1.807) is 6.92 Å². The summed E-state index contributed by atoms with van der Waals surface area (Å²) in [5, 5.41) is 4.38. The van der Waals surface area contributed by atoms with E-state index in [0.29, 0.717) is 36.8 Å². The molecule has 1 saturated heterocycles. The fourth-order valence-electron chi connectivity index (χ4n) is 5.09. The number of alkyl halides is 5. The van der Waals surface area contributed by atoms with Crippen LogP contribution in [0.25, 0.3) is 5.65 Å². The van der Waals surface area contributed by atoms with Crippen LogP contribution in [0.5, 0.6) is 5.75 Å². The molecule has 3 aromatic heterocycles. The third kappa shape index (κ3) is 4.36. The van der Waals surface area contributed by atoms with E-state index in [9.17, 15) is 26.3 Å². The standard InChI is InChI=1S/C22H22F6N6O/c1-12-18(23)20(30-11-29-12)33-8-13-4-5-14(9-33)15(13)7-17-31-19-16(3-2-6-34(19)32-17)35-10-21(24,25)22(26,27)28/h2-3,6,11,13-15H,4-5,7-10H2,1H3/t13-,14+,15?. The van der Waals surface area contributed by atoms with Crippen molar-refractivity contribution in [2.75, 3.05) is 24.6 Å². The Morgan fingerprint density at radius 3 is 2.49 bits per heavy atom. The molecule has 0 radical (unpaired) electrons. The summed E-state index contributed by atoms with van der Waals surface area (Å²) in [6.45, 7) is 1.00. The van der Waals surface area contributed by atoms with Gasteiger partial charge in [0.25, 0.3) is 0 Å². The number of piperidine rings is 1. The molecule has 35 heavy (non-hydrogen) atoms. The number of aromatic nitrogens is 5. The molecule has 2 aliphatic rings. The van der Waals surface area contributed by atoms with Crippen LogP contribution in [0.15, 0.2) is 24.7 Å². The minimum atomic E-state index is -5.71. The lowest BCUT2D eigenvalue weighted by atomic mass is 9.82. The summed E-state index contributed by atoms with van der Waals surface area (Å²) in [5.74, 6) is -4.11. The number of hydrogen-bond acceptors (Lipinski definition) is 6. The van der Waals surface area contributed by atoms with E-state index in [0.717, 1.165) is 12.8 Å². The SMILES string of the molecule is Cc1ncnc(N2C[C@H]3CC[C@@H](C2)C3Cc2nc3c(OCC(F)(F)C(F)(F)F)cccn3n2)c1F. The van der Waals surface area contributed by atoms with Crippen LogP contribution in [-0.4, -0.2) is 56.4 Å². The van der Waals surface area contributed by atoms with E-state index < -0.39 is 24.5 Å². The Kier molecular flexibility index (Phi) is 5.75. The molecule has 1 unspecified atom stereocenters. The summed E-state index contributed by atoms with van der Waals surface area (Å²) in [4.78, 5) is 14.3. The van der Waals surface area contributed by atoms with Crippen molar-refractivity contribution in [3.63, 3.8) is 0 Å². The maximum Gasteiger partial charge on any atom is 0.456 e. The highest BCUT2D eigenvalue weighted by atomic mass is 19.4. The maximum absolute atomic E-state index is 14.6. The highest BCUT2D eigenvalue weighted by Gasteiger charge is 2.58. The van der Waals surface area contributed by atoms with Gasteiger partial charge in [0, 0.05) is 25.7 Å². The molecule has 1 aliphatic heterocycles. The van der Waals surface area contributed by atoms with Crippen molar-refractivity contribution in [3.8, 4) is 5.75 Å². The molecule has 0 N–H and O–H groups in total. The summed E-state index contributed by atoms with van der Waals surface area (Å²) >= 11 is 0. The van der Waals surface area contributed by atoms with Crippen molar-refractivity contribution in [2.45, 2.75) is 38.3 Å². The predicted molar refractivity (Wildman–Crippen MR) is 112 cm³/mol. The smallest absolute Gasteiger partial charge is 0.456 e. The zero-order valence-corrected chi connectivity index (χ0v) is 18.6. The quantitative estimate of drug-likeness (QED) is 0.472. The number of hydrogen-bond donors (Lipinski definition) is 0. The molecule has 0 aromatic carbocycles. The van der Waals surface area contributed by atoms with E-state index >= 15 is 0 Å². The van der Waals surface area contributed by atoms with Crippen molar-refractivity contribution in [1.29, 1.82) is 0 Å². The van der Waals surface area contributed by atoms with Crippen LogP contribution < -0.4 is 9.64 Å². The Balaban J connectivity index is 1.31. The normalized spacial score (nSPS) is 22.7. The van der Waals surface area contributed by atoms with Gasteiger partial charge >= 0.3 is 12.1 Å². The lowest BCUT2D eigenvalue weighted by molar-refractivity contribution is -0.289. The van der Waals surface area contributed by atoms with Crippen LogP contribution in [-0.2, 0) is 6.42 Å². The molecule has 1 aliphatic carbocycles. The van der Waals surface area contributed by atoms with Gasteiger partial charge in [-0.25, -0.2) is 23.9 Å². The molecule has 188 valence electrons. The molecule has 1 saturated carbocycles. The number of rotatable bonds is 6. The topological polar surface area (TPSA) is 68.4 Å². The van der Waals surface area contributed by atoms with Crippen LogP contribution in [0.2, 0.25) is 0 Å². The van der Waals surface area contributed by atoms with Crippen molar-refractivity contribution in [1.82, 2.24) is 24.6 Å². The third-order valence-corrected chi connectivity index (χ3v) is 6.89. The van der Waals surface area contributed by atoms with Gasteiger partial charge in [-0.2, -0.15) is 27.1 Å². The number of anilines is 1. The second-order valence-electron chi connectivity index (χ2n) is 9.13. The highest BCUT2D eigenvalue weighted by molar-refractivity contribution is 5.52. The van der Waals surface area contributed by atoms with Crippen LogP contribution >= 0.6 is 0 Å². The average Bonchev–Trinajstić information content (AvgIpc) is 3.30. The summed E-state index contributed by atoms with van der Waals surface area (Å²) in [6, 6.07) is 2.72. The molecule has 2 fully saturated rings. The first-order valence-electron chi connectivity index (χ1n) is 11.2. The molecule has 13 heteroatoms. The van der Waals surface area contributed by atoms with E-state index in [4.69, 9.17) is 4.74 Å². The maximum atomic E-state index is 14.6. The van der Waals surface area contributed by atoms with Crippen LogP contribution in [0, 0.1) is 30.5 Å². The van der Waals surface area contributed by atoms with Gasteiger partial charge in [0.1, 0.15) is 6.33 Å². The molecule has 0 amide bonds. The summed E-state index contributed by atoms with van der Waals surface area (Å²) in [5.41, 5.74) is 0.369. The van der Waals surface area contributed by atoms with E-state index in [-0.39, 0.29) is 29.2 Å². The first-order valence-corrected chi connectivity index (χ1v) is 11.2. The summed E-state index contributed by atoms with van der Waals surface area (Å²) in [6.07, 6.45) is -0.394. The molecular formula is C22H22F6N6O. The second kappa shape index (κ2) is 8.52. The second-order valence-corrected chi connectivity index (χ2v) is 9.13. The Hall–Kier alpha value is -3.12. The molecule has 3 atom stereocenters. The third-order valence-electron chi connectivity index (χ3n) is 6.89. The fraction of sp³-hybridized carbons (Fsp3) is 0.545. The van der Waals surface area contributed by atoms with E-state index in [1.165, 1.54) is 29.2 Å². The van der Waals surface area contributed by atoms with Crippen LogP contribution in [0.3, 0.4) is 0 Å². The van der Waals surface area contributed by atoms with Gasteiger partial charge < -0.3 is 9.64 Å². The van der Waals surface area contributed by atoms with Crippen LogP contribution in [0.1, 0.15) is 24.4 Å². The predicted octanol–water partition coefficient (Wildman–Crippen LogP) is 4.25. The van der Waals surface area contributed by atoms with Crippen molar-refractivity contribution in [2.24, 2.45) is 17.8 Å². The Bertz CT molecular complexity index is 1220. The number of ether oxygens (including phenoxy) is 1. The zero-order valence-electron chi connectivity index (χ0n) is 18.6. The van der Waals surface area contributed by atoms with Crippen LogP contribution in [0.4, 0.5) is 32.2 Å². The summed E-state index contributed by atoms with van der Waals surface area (Å²) in [7, 11) is 0. The Morgan fingerprint density at radius 1 is 1.09 bits per heavy atom. The first-order chi connectivity index (χ1) is 16.5. The van der Waals surface area contributed by atoms with Gasteiger partial charge in [0.15, 0.2) is 35.5 Å². The minimum Gasteiger partial charge on any atom is -0.483 e. The molecular weight excluding hydrogens is 478 g/mol. The van der Waals surface area contributed by atoms with E-state index in [1.807, 2.05) is 4.90 Å². The zero-order chi connectivity index (χ0) is 25.0. The van der Waals surface area contributed by atoms with Gasteiger partial charge in [-0.15, -0.1) is 0 Å². The molecule has 7 nitrogen and oxygen atoms in total.